The molecule has 1 aromatic carbocycles. The molecule has 0 bridgehead atoms. The molecule has 1 amide bonds. The molecule has 0 aliphatic rings. The predicted molar refractivity (Wildman–Crippen MR) is 78.0 cm³/mol. The van der Waals surface area contributed by atoms with Crippen LogP contribution < -0.4 is 5.32 Å². The molecule has 0 heterocycles. The van der Waals surface area contributed by atoms with Gasteiger partial charge in [0, 0.05) is 8.95 Å². The number of carbonyl (C=O) groups excluding carboxylic acids is 1. The van der Waals surface area contributed by atoms with Gasteiger partial charge >= 0.3 is 5.97 Å². The van der Waals surface area contributed by atoms with Gasteiger partial charge in [0.05, 0.1) is 5.69 Å². The van der Waals surface area contributed by atoms with Gasteiger partial charge in [0.15, 0.2) is 5.57 Å². The average molecular weight is 404 g/mol. The van der Waals surface area contributed by atoms with Crippen molar-refractivity contribution in [2.24, 2.45) is 0 Å². The Hall–Kier alpha value is -1.85. The lowest BCUT2D eigenvalue weighted by atomic mass is 10.2. The van der Waals surface area contributed by atoms with E-state index in [9.17, 15) is 14.7 Å². The molecule has 3 N–H and O–H groups in total. The van der Waals surface area contributed by atoms with Crippen LogP contribution in [0.3, 0.4) is 0 Å². The van der Waals surface area contributed by atoms with E-state index in [1.54, 1.807) is 18.2 Å². The number of amides is 1. The highest BCUT2D eigenvalue weighted by molar-refractivity contribution is 9.11. The van der Waals surface area contributed by atoms with Crippen molar-refractivity contribution in [3.8, 4) is 6.07 Å². The van der Waals surface area contributed by atoms with Crippen LogP contribution in [0.4, 0.5) is 5.69 Å². The normalized spacial score (nSPS) is 11.2. The summed E-state index contributed by atoms with van der Waals surface area (Å²) < 4.78 is 1.28. The highest BCUT2D eigenvalue weighted by atomic mass is 79.9. The third kappa shape index (κ3) is 4.36. The van der Waals surface area contributed by atoms with Crippen LogP contribution in [0.25, 0.3) is 0 Å². The highest BCUT2D eigenvalue weighted by Crippen LogP contribution is 2.26. The summed E-state index contributed by atoms with van der Waals surface area (Å²) in [5.74, 6) is -3.01. The molecule has 6 nitrogen and oxygen atoms in total. The zero-order chi connectivity index (χ0) is 15.3. The van der Waals surface area contributed by atoms with Crippen LogP contribution in [-0.4, -0.2) is 22.1 Å². The molecule has 0 spiro atoms. The van der Waals surface area contributed by atoms with Crippen molar-refractivity contribution in [3.63, 3.8) is 0 Å². The molecular weight excluding hydrogens is 396 g/mol. The molecule has 1 aromatic rings. The number of anilines is 1. The number of nitrogens with one attached hydrogen (secondary N) is 1. The summed E-state index contributed by atoms with van der Waals surface area (Å²) in [4.78, 5) is 22.3. The van der Waals surface area contributed by atoms with Gasteiger partial charge in [0.25, 0.3) is 5.91 Å². The highest BCUT2D eigenvalue weighted by Gasteiger charge is 2.18. The Kier molecular flexibility index (Phi) is 5.73. The molecule has 0 saturated heterocycles. The molecule has 0 unspecified atom stereocenters. The average Bonchev–Trinajstić information content (AvgIpc) is 2.33. The number of aliphatic hydroxyl groups is 1. The van der Waals surface area contributed by atoms with Crippen LogP contribution >= 0.6 is 31.9 Å². The smallest absolute Gasteiger partial charge is 0.311 e. The molecule has 0 atom stereocenters. The molecule has 1 rings (SSSR count). The summed E-state index contributed by atoms with van der Waals surface area (Å²) in [5.41, 5.74) is -0.264. The molecule has 0 aliphatic heterocycles. The molecule has 0 aliphatic carbocycles. The minimum absolute atomic E-state index is 0.375. The second-order valence-electron chi connectivity index (χ2n) is 3.58. The van der Waals surface area contributed by atoms with Gasteiger partial charge in [0.1, 0.15) is 18.2 Å². The van der Waals surface area contributed by atoms with E-state index in [2.05, 4.69) is 37.2 Å². The number of nitrogens with zero attached hydrogens (tertiary/aromatic N) is 1. The van der Waals surface area contributed by atoms with Crippen molar-refractivity contribution < 1.29 is 19.8 Å². The summed E-state index contributed by atoms with van der Waals surface area (Å²) in [6.07, 6.45) is -0.796. The number of carboxylic acids is 1. The lowest BCUT2D eigenvalue weighted by Gasteiger charge is -2.08. The van der Waals surface area contributed by atoms with Crippen molar-refractivity contribution in [1.82, 2.24) is 0 Å². The van der Waals surface area contributed by atoms with Crippen molar-refractivity contribution >= 4 is 49.4 Å². The van der Waals surface area contributed by atoms with Crippen LogP contribution in [0.1, 0.15) is 6.42 Å². The van der Waals surface area contributed by atoms with E-state index in [-0.39, 0.29) is 0 Å². The zero-order valence-corrected chi connectivity index (χ0v) is 13.0. The molecular formula is C12H8Br2N2O4. The Morgan fingerprint density at radius 1 is 1.30 bits per heavy atom. The first-order valence-corrected chi connectivity index (χ1v) is 6.74. The molecule has 0 fully saturated rings. The van der Waals surface area contributed by atoms with Gasteiger partial charge in [-0.2, -0.15) is 5.26 Å². The molecule has 8 heteroatoms. The fraction of sp³-hybridized carbons (Fsp3) is 0.0833. The second kappa shape index (κ2) is 7.07. The molecule has 104 valence electrons. The first-order valence-electron chi connectivity index (χ1n) is 5.15. The monoisotopic (exact) mass is 402 g/mol. The van der Waals surface area contributed by atoms with E-state index in [0.717, 1.165) is 0 Å². The van der Waals surface area contributed by atoms with Gasteiger partial charge in [-0.05, 0) is 34.1 Å². The van der Waals surface area contributed by atoms with Crippen LogP contribution in [0.2, 0.25) is 0 Å². The van der Waals surface area contributed by atoms with Gasteiger partial charge in [-0.25, -0.2) is 0 Å². The van der Waals surface area contributed by atoms with E-state index in [1.165, 1.54) is 6.07 Å². The van der Waals surface area contributed by atoms with Gasteiger partial charge in [0.2, 0.25) is 0 Å². The Labute approximate surface area is 131 Å². The molecule has 0 aromatic heterocycles. The molecule has 0 saturated carbocycles. The molecule has 0 radical (unpaired) electrons. The van der Waals surface area contributed by atoms with Crippen molar-refractivity contribution in [2.45, 2.75) is 6.42 Å². The number of rotatable bonds is 4. The number of benzene rings is 1. The second-order valence-corrected chi connectivity index (χ2v) is 5.35. The quantitative estimate of drug-likeness (QED) is 0.406. The predicted octanol–water partition coefficient (Wildman–Crippen LogP) is 2.96. The van der Waals surface area contributed by atoms with Crippen molar-refractivity contribution in [3.05, 3.63) is 38.5 Å². The number of hydrogen-bond acceptors (Lipinski definition) is 4. The lowest BCUT2D eigenvalue weighted by Crippen LogP contribution is -2.16. The van der Waals surface area contributed by atoms with Crippen molar-refractivity contribution in [2.75, 3.05) is 5.32 Å². The van der Waals surface area contributed by atoms with Gasteiger partial charge in [-0.15, -0.1) is 0 Å². The Morgan fingerprint density at radius 2 is 1.95 bits per heavy atom. The number of hydrogen-bond donors (Lipinski definition) is 3. The number of halogens is 2. The largest absolute Gasteiger partial charge is 0.510 e. The van der Waals surface area contributed by atoms with E-state index >= 15 is 0 Å². The maximum Gasteiger partial charge on any atom is 0.311 e. The summed E-state index contributed by atoms with van der Waals surface area (Å²) in [6, 6.07) is 6.49. The van der Waals surface area contributed by atoms with E-state index in [1.807, 2.05) is 0 Å². The maximum atomic E-state index is 11.8. The summed E-state index contributed by atoms with van der Waals surface area (Å²) in [5, 5.41) is 29.2. The number of carboxylic acid groups (broad SMARTS) is 1. The summed E-state index contributed by atoms with van der Waals surface area (Å²) in [7, 11) is 0. The van der Waals surface area contributed by atoms with Gasteiger partial charge in [-0.1, -0.05) is 15.9 Å². The number of aliphatic carboxylic acids is 1. The SMILES string of the molecule is N#C/C(C(=O)Nc1cc(Br)ccc1Br)=C(/O)CC(=O)O. The van der Waals surface area contributed by atoms with Crippen LogP contribution in [0.15, 0.2) is 38.5 Å². The van der Waals surface area contributed by atoms with Gasteiger partial charge in [-0.3, -0.25) is 9.59 Å². The molecule has 20 heavy (non-hydrogen) atoms. The first-order chi connectivity index (χ1) is 9.35. The fourth-order valence-corrected chi connectivity index (χ4v) is 1.96. The Bertz CT molecular complexity index is 635. The van der Waals surface area contributed by atoms with Crippen LogP contribution in [-0.2, 0) is 9.59 Å². The van der Waals surface area contributed by atoms with E-state index in [0.29, 0.717) is 14.6 Å². The van der Waals surface area contributed by atoms with Crippen LogP contribution in [0.5, 0.6) is 0 Å². The Morgan fingerprint density at radius 3 is 2.50 bits per heavy atom. The summed E-state index contributed by atoms with van der Waals surface area (Å²) in [6.45, 7) is 0. The van der Waals surface area contributed by atoms with E-state index in [4.69, 9.17) is 10.4 Å². The number of carbonyl (C=O) groups is 2. The number of nitriles is 1. The first kappa shape index (κ1) is 16.2. The maximum absolute atomic E-state index is 11.8. The number of aliphatic hydroxyl groups excluding tert-OH is 1. The Balaban J connectivity index is 3.02. The lowest BCUT2D eigenvalue weighted by molar-refractivity contribution is -0.136. The topological polar surface area (TPSA) is 110 Å². The van der Waals surface area contributed by atoms with Crippen LogP contribution in [0, 0.1) is 11.3 Å². The minimum atomic E-state index is -1.34. The standard InChI is InChI=1S/C12H8Br2N2O4/c13-6-1-2-8(14)9(3-6)16-12(20)7(5-15)10(17)4-11(18)19/h1-3,17H,4H2,(H,16,20)(H,18,19)/b10-7-. The third-order valence-electron chi connectivity index (χ3n) is 2.12. The van der Waals surface area contributed by atoms with E-state index < -0.39 is 29.6 Å². The zero-order valence-electron chi connectivity index (χ0n) is 9.85. The van der Waals surface area contributed by atoms with Crippen molar-refractivity contribution in [1.29, 1.82) is 5.26 Å². The summed E-state index contributed by atoms with van der Waals surface area (Å²) >= 11 is 6.44. The minimum Gasteiger partial charge on any atom is -0.510 e. The fourth-order valence-electron chi connectivity index (χ4n) is 1.26. The third-order valence-corrected chi connectivity index (χ3v) is 3.31. The van der Waals surface area contributed by atoms with Gasteiger partial charge < -0.3 is 15.5 Å².